The van der Waals surface area contributed by atoms with Crippen LogP contribution in [0, 0.1) is 6.92 Å². The number of fused-ring (bicyclic) bond motifs is 1. The Morgan fingerprint density at radius 3 is 2.65 bits per heavy atom. The number of aliphatic hydroxyl groups is 1. The Labute approximate surface area is 99.1 Å². The van der Waals surface area contributed by atoms with Crippen molar-refractivity contribution < 1.29 is 15.0 Å². The van der Waals surface area contributed by atoms with Crippen LogP contribution in [0.5, 0.6) is 0 Å². The molecule has 4 heteroatoms. The van der Waals surface area contributed by atoms with Crippen molar-refractivity contribution >= 4 is 16.9 Å². The van der Waals surface area contributed by atoms with Crippen LogP contribution in [0.1, 0.15) is 29.0 Å². The van der Waals surface area contributed by atoms with Gasteiger partial charge in [0.15, 0.2) is 0 Å². The fourth-order valence-electron chi connectivity index (χ4n) is 2.31. The van der Waals surface area contributed by atoms with E-state index in [-0.39, 0.29) is 12.6 Å². The molecule has 0 aliphatic heterocycles. The van der Waals surface area contributed by atoms with Gasteiger partial charge in [0.1, 0.15) is 0 Å². The molecule has 0 saturated heterocycles. The molecule has 2 aromatic rings. The first-order valence-corrected chi connectivity index (χ1v) is 5.51. The molecule has 17 heavy (non-hydrogen) atoms. The van der Waals surface area contributed by atoms with Crippen LogP contribution in [-0.2, 0) is 0 Å². The van der Waals surface area contributed by atoms with E-state index < -0.39 is 5.97 Å². The molecular weight excluding hydrogens is 218 g/mol. The van der Waals surface area contributed by atoms with Crippen LogP contribution in [0.4, 0.5) is 0 Å². The highest BCUT2D eigenvalue weighted by molar-refractivity contribution is 6.05. The molecule has 1 atom stereocenters. The van der Waals surface area contributed by atoms with Gasteiger partial charge < -0.3 is 14.8 Å². The number of hydrogen-bond donors (Lipinski definition) is 2. The Bertz CT molecular complexity index is 571. The average Bonchev–Trinajstić information content (AvgIpc) is 2.60. The Morgan fingerprint density at radius 1 is 1.41 bits per heavy atom. The highest BCUT2D eigenvalue weighted by atomic mass is 16.4. The SMILES string of the molecule is Cc1c(C(=O)O)c2ccccc2n1[C@H](C)CO. The van der Waals surface area contributed by atoms with E-state index in [1.165, 1.54) is 0 Å². The Balaban J connectivity index is 2.84. The summed E-state index contributed by atoms with van der Waals surface area (Å²) in [6, 6.07) is 7.23. The van der Waals surface area contributed by atoms with E-state index >= 15 is 0 Å². The van der Waals surface area contributed by atoms with Gasteiger partial charge in [-0.25, -0.2) is 4.79 Å². The van der Waals surface area contributed by atoms with E-state index in [4.69, 9.17) is 0 Å². The molecule has 90 valence electrons. The summed E-state index contributed by atoms with van der Waals surface area (Å²) >= 11 is 0. The van der Waals surface area contributed by atoms with E-state index in [0.717, 1.165) is 10.9 Å². The molecule has 0 amide bonds. The van der Waals surface area contributed by atoms with Crippen molar-refractivity contribution in [2.24, 2.45) is 0 Å². The number of aromatic carboxylic acids is 1. The minimum atomic E-state index is -0.928. The fraction of sp³-hybridized carbons (Fsp3) is 0.308. The Morgan fingerprint density at radius 2 is 2.06 bits per heavy atom. The van der Waals surface area contributed by atoms with Gasteiger partial charge in [-0.2, -0.15) is 0 Å². The third kappa shape index (κ3) is 1.70. The lowest BCUT2D eigenvalue weighted by atomic mass is 10.1. The first-order chi connectivity index (χ1) is 8.07. The Kier molecular flexibility index (Phi) is 2.90. The molecule has 0 unspecified atom stereocenters. The third-order valence-electron chi connectivity index (χ3n) is 3.07. The van der Waals surface area contributed by atoms with Gasteiger partial charge in [-0.1, -0.05) is 18.2 Å². The zero-order chi connectivity index (χ0) is 12.6. The van der Waals surface area contributed by atoms with Gasteiger partial charge in [-0.05, 0) is 19.9 Å². The largest absolute Gasteiger partial charge is 0.478 e. The van der Waals surface area contributed by atoms with Gasteiger partial charge in [0.25, 0.3) is 0 Å². The number of aromatic nitrogens is 1. The molecule has 1 aromatic heterocycles. The van der Waals surface area contributed by atoms with Crippen molar-refractivity contribution in [3.63, 3.8) is 0 Å². The second kappa shape index (κ2) is 4.22. The summed E-state index contributed by atoms with van der Waals surface area (Å²) in [5, 5.41) is 19.2. The van der Waals surface area contributed by atoms with Gasteiger partial charge in [0.2, 0.25) is 0 Å². The van der Waals surface area contributed by atoms with Gasteiger partial charge in [-0.15, -0.1) is 0 Å². The van der Waals surface area contributed by atoms with Gasteiger partial charge in [-0.3, -0.25) is 0 Å². The molecule has 0 aliphatic rings. The molecule has 0 bridgehead atoms. The highest BCUT2D eigenvalue weighted by Gasteiger charge is 2.20. The van der Waals surface area contributed by atoms with Crippen molar-refractivity contribution in [1.29, 1.82) is 0 Å². The van der Waals surface area contributed by atoms with Crippen LogP contribution in [0.2, 0.25) is 0 Å². The molecule has 0 spiro atoms. The fourth-order valence-corrected chi connectivity index (χ4v) is 2.31. The number of hydrogen-bond acceptors (Lipinski definition) is 2. The molecular formula is C13H15NO3. The maximum Gasteiger partial charge on any atom is 0.338 e. The van der Waals surface area contributed by atoms with E-state index in [1.54, 1.807) is 13.0 Å². The Hall–Kier alpha value is -1.81. The first kappa shape index (κ1) is 11.7. The third-order valence-corrected chi connectivity index (χ3v) is 3.07. The van der Waals surface area contributed by atoms with Gasteiger partial charge in [0.05, 0.1) is 18.2 Å². The quantitative estimate of drug-likeness (QED) is 0.854. The molecule has 0 fully saturated rings. The predicted molar refractivity (Wildman–Crippen MR) is 65.4 cm³/mol. The minimum absolute atomic E-state index is 0.0153. The molecule has 2 rings (SSSR count). The monoisotopic (exact) mass is 233 g/mol. The molecule has 4 nitrogen and oxygen atoms in total. The van der Waals surface area contributed by atoms with Crippen LogP contribution in [0.3, 0.4) is 0 Å². The van der Waals surface area contributed by atoms with E-state index in [9.17, 15) is 15.0 Å². The summed E-state index contributed by atoms with van der Waals surface area (Å²) in [5.41, 5.74) is 1.85. The number of rotatable bonds is 3. The lowest BCUT2D eigenvalue weighted by Crippen LogP contribution is -2.11. The van der Waals surface area contributed by atoms with Crippen LogP contribution in [-0.4, -0.2) is 27.4 Å². The lowest BCUT2D eigenvalue weighted by Gasteiger charge is -2.14. The molecule has 1 aromatic carbocycles. The zero-order valence-electron chi connectivity index (χ0n) is 9.84. The van der Waals surface area contributed by atoms with Crippen LogP contribution >= 0.6 is 0 Å². The maximum atomic E-state index is 11.3. The van der Waals surface area contributed by atoms with Crippen LogP contribution in [0.15, 0.2) is 24.3 Å². The van der Waals surface area contributed by atoms with Crippen LogP contribution in [0.25, 0.3) is 10.9 Å². The lowest BCUT2D eigenvalue weighted by molar-refractivity contribution is 0.0697. The van der Waals surface area contributed by atoms with Crippen LogP contribution < -0.4 is 0 Å². The van der Waals surface area contributed by atoms with E-state index in [1.807, 2.05) is 29.7 Å². The summed E-state index contributed by atoms with van der Waals surface area (Å²) in [5.74, 6) is -0.928. The molecule has 1 heterocycles. The highest BCUT2D eigenvalue weighted by Crippen LogP contribution is 2.28. The molecule has 0 aliphatic carbocycles. The summed E-state index contributed by atoms with van der Waals surface area (Å²) in [7, 11) is 0. The first-order valence-electron chi connectivity index (χ1n) is 5.51. The second-order valence-corrected chi connectivity index (χ2v) is 4.18. The number of benzene rings is 1. The number of nitrogens with zero attached hydrogens (tertiary/aromatic N) is 1. The maximum absolute atomic E-state index is 11.3. The van der Waals surface area contributed by atoms with E-state index in [0.29, 0.717) is 11.3 Å². The number of carboxylic acids is 1. The van der Waals surface area contributed by atoms with Gasteiger partial charge in [0, 0.05) is 16.6 Å². The normalized spacial score (nSPS) is 12.9. The second-order valence-electron chi connectivity index (χ2n) is 4.18. The van der Waals surface area contributed by atoms with Gasteiger partial charge >= 0.3 is 5.97 Å². The van der Waals surface area contributed by atoms with E-state index in [2.05, 4.69) is 0 Å². The number of carbonyl (C=O) groups is 1. The molecule has 0 saturated carbocycles. The summed E-state index contributed by atoms with van der Waals surface area (Å²) in [6.07, 6.45) is 0. The molecule has 2 N–H and O–H groups in total. The van der Waals surface area contributed by atoms with Crippen molar-refractivity contribution in [2.45, 2.75) is 19.9 Å². The zero-order valence-corrected chi connectivity index (χ0v) is 9.84. The molecule has 0 radical (unpaired) electrons. The van der Waals surface area contributed by atoms with Crippen molar-refractivity contribution in [3.8, 4) is 0 Å². The standard InChI is InChI=1S/C13H15NO3/c1-8(7-15)14-9(2)12(13(16)17)10-5-3-4-6-11(10)14/h3-6,8,15H,7H2,1-2H3,(H,16,17)/t8-/m1/s1. The summed E-state index contributed by atoms with van der Waals surface area (Å²) in [4.78, 5) is 11.3. The summed E-state index contributed by atoms with van der Waals surface area (Å²) < 4.78 is 1.87. The average molecular weight is 233 g/mol. The smallest absolute Gasteiger partial charge is 0.338 e. The van der Waals surface area contributed by atoms with Crippen molar-refractivity contribution in [1.82, 2.24) is 4.57 Å². The number of carboxylic acid groups (broad SMARTS) is 1. The number of aliphatic hydroxyl groups excluding tert-OH is 1. The number of para-hydroxylation sites is 1. The predicted octanol–water partition coefficient (Wildman–Crippen LogP) is 2.20. The van der Waals surface area contributed by atoms with Crippen molar-refractivity contribution in [3.05, 3.63) is 35.5 Å². The van der Waals surface area contributed by atoms with Crippen molar-refractivity contribution in [2.75, 3.05) is 6.61 Å². The summed E-state index contributed by atoms with van der Waals surface area (Å²) in [6.45, 7) is 3.62. The topological polar surface area (TPSA) is 62.5 Å². The minimum Gasteiger partial charge on any atom is -0.478 e.